The number of carbonyl (C=O) groups is 2. The van der Waals surface area contributed by atoms with Crippen molar-refractivity contribution >= 4 is 12.1 Å². The number of amides is 1. The first kappa shape index (κ1) is 24.8. The van der Waals surface area contributed by atoms with Gasteiger partial charge >= 0.3 is 12.1 Å². The zero-order valence-corrected chi connectivity index (χ0v) is 19.7. The van der Waals surface area contributed by atoms with Gasteiger partial charge in [-0.2, -0.15) is 0 Å². The molecule has 8 nitrogen and oxygen atoms in total. The average molecular weight is 467 g/mol. The third-order valence-electron chi connectivity index (χ3n) is 5.03. The molecule has 1 amide bonds. The van der Waals surface area contributed by atoms with E-state index in [2.05, 4.69) is 10.3 Å². The summed E-state index contributed by atoms with van der Waals surface area (Å²) < 4.78 is 16.9. The van der Waals surface area contributed by atoms with Crippen LogP contribution in [0.5, 0.6) is 5.75 Å². The van der Waals surface area contributed by atoms with Crippen LogP contribution in [-0.4, -0.2) is 34.9 Å². The van der Waals surface area contributed by atoms with Gasteiger partial charge in [0.15, 0.2) is 0 Å². The lowest BCUT2D eigenvalue weighted by molar-refractivity contribution is -0.136. The van der Waals surface area contributed by atoms with Crippen molar-refractivity contribution in [2.75, 3.05) is 6.61 Å². The molecule has 180 valence electrons. The number of ether oxygens (including phenoxy) is 2. The first-order valence-electron chi connectivity index (χ1n) is 11.2. The Morgan fingerprint density at radius 3 is 2.59 bits per heavy atom. The van der Waals surface area contributed by atoms with E-state index in [1.165, 1.54) is 0 Å². The van der Waals surface area contributed by atoms with Crippen LogP contribution in [0.25, 0.3) is 11.5 Å². The Hall–Kier alpha value is -3.81. The molecule has 0 radical (unpaired) electrons. The second-order valence-corrected chi connectivity index (χ2v) is 8.13. The normalized spacial score (nSPS) is 10.8. The highest BCUT2D eigenvalue weighted by molar-refractivity contribution is 5.68. The number of benzene rings is 2. The van der Waals surface area contributed by atoms with Crippen molar-refractivity contribution in [3.63, 3.8) is 0 Å². The third-order valence-corrected chi connectivity index (χ3v) is 5.03. The molecule has 0 unspecified atom stereocenters. The molecule has 0 bridgehead atoms. The maximum atomic E-state index is 11.9. The number of nitrogens with zero attached hydrogens (tertiary/aromatic N) is 1. The van der Waals surface area contributed by atoms with Crippen LogP contribution in [0.3, 0.4) is 0 Å². The molecule has 2 aromatic carbocycles. The Labute approximate surface area is 198 Å². The molecule has 0 aliphatic heterocycles. The van der Waals surface area contributed by atoms with Gasteiger partial charge in [0.1, 0.15) is 11.5 Å². The van der Waals surface area contributed by atoms with E-state index in [4.69, 9.17) is 19.0 Å². The fourth-order valence-electron chi connectivity index (χ4n) is 3.36. The van der Waals surface area contributed by atoms with Crippen LogP contribution in [0, 0.1) is 6.92 Å². The number of rotatable bonds is 11. The number of hydrogen-bond donors (Lipinski definition) is 2. The molecule has 0 spiro atoms. The van der Waals surface area contributed by atoms with Crippen molar-refractivity contribution in [2.45, 2.75) is 52.7 Å². The maximum absolute atomic E-state index is 11.9. The van der Waals surface area contributed by atoms with Crippen LogP contribution in [-0.2, 0) is 28.9 Å². The number of carboxylic acid groups (broad SMARTS) is 1. The van der Waals surface area contributed by atoms with Crippen LogP contribution >= 0.6 is 0 Å². The molecule has 1 heterocycles. The van der Waals surface area contributed by atoms with E-state index in [9.17, 15) is 9.59 Å². The first-order valence-corrected chi connectivity index (χ1v) is 11.2. The van der Waals surface area contributed by atoms with Crippen molar-refractivity contribution in [3.05, 3.63) is 71.1 Å². The van der Waals surface area contributed by atoms with Gasteiger partial charge in [0.05, 0.1) is 18.4 Å². The van der Waals surface area contributed by atoms with Crippen molar-refractivity contribution in [2.24, 2.45) is 0 Å². The molecule has 0 fully saturated rings. The summed E-state index contributed by atoms with van der Waals surface area (Å²) in [7, 11) is 0. The minimum atomic E-state index is -0.863. The highest BCUT2D eigenvalue weighted by Gasteiger charge is 2.13. The topological polar surface area (TPSA) is 111 Å². The molecule has 2 N–H and O–H groups in total. The summed E-state index contributed by atoms with van der Waals surface area (Å²) in [5, 5.41) is 11.7. The summed E-state index contributed by atoms with van der Waals surface area (Å²) in [6.45, 7) is 5.98. The molecule has 1 aromatic heterocycles. The van der Waals surface area contributed by atoms with Gasteiger partial charge in [-0.15, -0.1) is 0 Å². The molecule has 3 aromatic rings. The summed E-state index contributed by atoms with van der Waals surface area (Å²) in [5.41, 5.74) is 3.32. The second-order valence-electron chi connectivity index (χ2n) is 8.13. The minimum absolute atomic E-state index is 0.0254. The number of aromatic nitrogens is 1. The highest BCUT2D eigenvalue weighted by atomic mass is 16.6. The van der Waals surface area contributed by atoms with E-state index in [-0.39, 0.29) is 19.1 Å². The summed E-state index contributed by atoms with van der Waals surface area (Å²) in [4.78, 5) is 27.4. The van der Waals surface area contributed by atoms with Crippen LogP contribution in [0.2, 0.25) is 0 Å². The van der Waals surface area contributed by atoms with Gasteiger partial charge < -0.3 is 24.3 Å². The summed E-state index contributed by atoms with van der Waals surface area (Å²) in [5.74, 6) is 1.06. The number of carboxylic acids is 1. The molecule has 0 saturated carbocycles. The summed E-state index contributed by atoms with van der Waals surface area (Å²) in [6.07, 6.45) is 0.204. The van der Waals surface area contributed by atoms with E-state index < -0.39 is 12.1 Å². The largest absolute Gasteiger partial charge is 0.493 e. The van der Waals surface area contributed by atoms with E-state index >= 15 is 0 Å². The zero-order valence-electron chi connectivity index (χ0n) is 19.7. The van der Waals surface area contributed by atoms with Gasteiger partial charge in [-0.25, -0.2) is 9.78 Å². The summed E-state index contributed by atoms with van der Waals surface area (Å²) >= 11 is 0. The molecule has 34 heavy (non-hydrogen) atoms. The van der Waals surface area contributed by atoms with Gasteiger partial charge in [0.25, 0.3) is 0 Å². The van der Waals surface area contributed by atoms with Gasteiger partial charge in [0.2, 0.25) is 5.89 Å². The SMILES string of the molecule is Cc1oc(-c2ccccc2)nc1CCOc1ccc(CCC(=O)O)cc1CNC(=O)OC(C)C. The van der Waals surface area contributed by atoms with Crippen LogP contribution in [0.1, 0.15) is 42.8 Å². The fraction of sp³-hybridized carbons (Fsp3) is 0.346. The highest BCUT2D eigenvalue weighted by Crippen LogP contribution is 2.24. The van der Waals surface area contributed by atoms with Gasteiger partial charge in [-0.3, -0.25) is 4.79 Å². The number of aryl methyl sites for hydroxylation is 2. The Kier molecular flexibility index (Phi) is 8.67. The monoisotopic (exact) mass is 466 g/mol. The summed E-state index contributed by atoms with van der Waals surface area (Å²) in [6, 6.07) is 15.2. The minimum Gasteiger partial charge on any atom is -0.493 e. The van der Waals surface area contributed by atoms with Crippen LogP contribution < -0.4 is 10.1 Å². The second kappa shape index (κ2) is 11.9. The van der Waals surface area contributed by atoms with Crippen molar-refractivity contribution in [3.8, 4) is 17.2 Å². The molecular formula is C26H30N2O6. The standard InChI is InChI=1S/C26H30N2O6/c1-17(2)33-26(31)27-16-21-15-19(10-12-24(29)30)9-11-23(21)32-14-13-22-18(3)34-25(28-22)20-7-5-4-6-8-20/h4-9,11,15,17H,10,12-14,16H2,1-3H3,(H,27,31)(H,29,30). The first-order chi connectivity index (χ1) is 16.3. The Bertz CT molecular complexity index is 1110. The quantitative estimate of drug-likeness (QED) is 0.412. The third kappa shape index (κ3) is 7.37. The molecule has 0 saturated heterocycles. The maximum Gasteiger partial charge on any atom is 0.407 e. The van der Waals surface area contributed by atoms with Crippen molar-refractivity contribution < 1.29 is 28.6 Å². The number of alkyl carbamates (subject to hydrolysis) is 1. The Balaban J connectivity index is 1.67. The molecule has 0 aliphatic carbocycles. The predicted octanol–water partition coefficient (Wildman–Crippen LogP) is 4.92. The number of nitrogens with one attached hydrogen (secondary N) is 1. The van der Waals surface area contributed by atoms with E-state index in [0.29, 0.717) is 31.1 Å². The van der Waals surface area contributed by atoms with E-state index in [1.807, 2.05) is 49.4 Å². The Morgan fingerprint density at radius 2 is 1.88 bits per heavy atom. The molecule has 0 atom stereocenters. The molecule has 8 heteroatoms. The van der Waals surface area contributed by atoms with Gasteiger partial charge in [-0.1, -0.05) is 30.3 Å². The van der Waals surface area contributed by atoms with Gasteiger partial charge in [-0.05, 0) is 51.0 Å². The lowest BCUT2D eigenvalue weighted by atomic mass is 10.1. The van der Waals surface area contributed by atoms with Crippen molar-refractivity contribution in [1.29, 1.82) is 0 Å². The zero-order chi connectivity index (χ0) is 24.5. The van der Waals surface area contributed by atoms with Crippen LogP contribution in [0.4, 0.5) is 4.79 Å². The predicted molar refractivity (Wildman–Crippen MR) is 127 cm³/mol. The fourth-order valence-corrected chi connectivity index (χ4v) is 3.36. The van der Waals surface area contributed by atoms with Crippen LogP contribution in [0.15, 0.2) is 52.9 Å². The van der Waals surface area contributed by atoms with E-state index in [1.54, 1.807) is 19.9 Å². The molecule has 3 rings (SSSR count). The smallest absolute Gasteiger partial charge is 0.407 e. The van der Waals surface area contributed by atoms with Crippen molar-refractivity contribution in [1.82, 2.24) is 10.3 Å². The molecular weight excluding hydrogens is 436 g/mol. The van der Waals surface area contributed by atoms with Gasteiger partial charge in [0, 0.05) is 30.5 Å². The number of oxazole rings is 1. The lowest BCUT2D eigenvalue weighted by Crippen LogP contribution is -2.26. The number of hydrogen-bond acceptors (Lipinski definition) is 6. The lowest BCUT2D eigenvalue weighted by Gasteiger charge is -2.15. The van der Waals surface area contributed by atoms with E-state index in [0.717, 1.165) is 28.1 Å². The average Bonchev–Trinajstić information content (AvgIpc) is 3.17. The number of aliphatic carboxylic acids is 1. The Morgan fingerprint density at radius 1 is 1.12 bits per heavy atom. The molecule has 0 aliphatic rings. The number of carbonyl (C=O) groups excluding carboxylic acids is 1.